The molecule has 3 rings (SSSR count). The topological polar surface area (TPSA) is 48.2 Å². The summed E-state index contributed by atoms with van der Waals surface area (Å²) in [5.74, 6) is -1.12. The van der Waals surface area contributed by atoms with Crippen LogP contribution >= 0.6 is 0 Å². The van der Waals surface area contributed by atoms with Gasteiger partial charge in [0.1, 0.15) is 11.5 Å². The molecule has 0 fully saturated rings. The predicted octanol–water partition coefficient (Wildman–Crippen LogP) is 3.75. The Hall–Kier alpha value is -2.35. The Labute approximate surface area is 135 Å². The van der Waals surface area contributed by atoms with Crippen molar-refractivity contribution in [3.05, 3.63) is 58.7 Å². The van der Waals surface area contributed by atoms with Crippen molar-refractivity contribution in [2.45, 2.75) is 31.7 Å². The van der Waals surface area contributed by atoms with E-state index in [9.17, 15) is 22.8 Å². The molecule has 1 aliphatic rings. The van der Waals surface area contributed by atoms with Crippen molar-refractivity contribution in [3.63, 3.8) is 0 Å². The first-order chi connectivity index (χ1) is 11.2. The van der Waals surface area contributed by atoms with Crippen LogP contribution in [0, 0.1) is 11.0 Å². The summed E-state index contributed by atoms with van der Waals surface area (Å²) in [6, 6.07) is 5.31. The van der Waals surface area contributed by atoms with E-state index >= 15 is 0 Å². The van der Waals surface area contributed by atoms with E-state index in [0.29, 0.717) is 4.73 Å². The maximum absolute atomic E-state index is 14.2. The molecule has 8 heteroatoms. The number of fused-ring (bicyclic) bond motifs is 2. The van der Waals surface area contributed by atoms with Gasteiger partial charge in [0.2, 0.25) is 5.60 Å². The third-order valence-corrected chi connectivity index (χ3v) is 3.76. The molecule has 1 aromatic heterocycles. The van der Waals surface area contributed by atoms with Gasteiger partial charge in [-0.05, 0) is 44.2 Å². The molecule has 1 unspecified atom stereocenters. The van der Waals surface area contributed by atoms with Gasteiger partial charge in [0.25, 0.3) is 5.82 Å². The van der Waals surface area contributed by atoms with Crippen LogP contribution in [0.2, 0.25) is 0 Å². The zero-order chi connectivity index (χ0) is 17.7. The van der Waals surface area contributed by atoms with Crippen LogP contribution in [0.1, 0.15) is 25.0 Å². The highest BCUT2D eigenvalue weighted by atomic mass is 19.4. The third-order valence-electron chi connectivity index (χ3n) is 3.76. The van der Waals surface area contributed by atoms with Crippen molar-refractivity contribution < 1.29 is 27.0 Å². The van der Waals surface area contributed by atoms with Gasteiger partial charge in [-0.2, -0.15) is 13.2 Å². The first-order valence-electron chi connectivity index (χ1n) is 7.21. The second-order valence-corrected chi connectivity index (χ2v) is 5.76. The number of nitrogens with one attached hydrogen (secondary N) is 1. The Balaban J connectivity index is 2.42. The summed E-state index contributed by atoms with van der Waals surface area (Å²) in [6.45, 7) is 2.89. The first-order valence-corrected chi connectivity index (χ1v) is 7.21. The van der Waals surface area contributed by atoms with Crippen LogP contribution in [-0.4, -0.2) is 12.3 Å². The Morgan fingerprint density at radius 1 is 1.21 bits per heavy atom. The largest absolute Gasteiger partial charge is 0.711 e. The monoisotopic (exact) mass is 342 g/mol. The average Bonchev–Trinajstić information content (AvgIpc) is 2.47. The van der Waals surface area contributed by atoms with Gasteiger partial charge in [-0.15, -0.1) is 0 Å². The lowest BCUT2D eigenvalue weighted by Crippen LogP contribution is -2.51. The fourth-order valence-corrected chi connectivity index (χ4v) is 2.94. The standard InChI is InChI=1S/C16H14F4N2O2/c1-9(2)24-15(16(18,19)20)11-4-3-7-22(23)14(11)21-13-6-5-10(17)8-12(13)15/h3-9,21H,1-2H3. The fraction of sp³-hybridized carbons (Fsp3) is 0.312. The number of hydrogen-bond acceptors (Lipinski definition) is 3. The summed E-state index contributed by atoms with van der Waals surface area (Å²) >= 11 is 0. The number of ether oxygens (including phenoxy) is 1. The van der Waals surface area contributed by atoms with E-state index in [-0.39, 0.29) is 11.5 Å². The SMILES string of the molecule is CC(C)OC1(C(F)(F)F)c2cc(F)ccc2Nc2c1ccc[n+]2[O-]. The molecule has 4 nitrogen and oxygen atoms in total. The Morgan fingerprint density at radius 3 is 2.54 bits per heavy atom. The van der Waals surface area contributed by atoms with Crippen LogP contribution in [0.5, 0.6) is 0 Å². The van der Waals surface area contributed by atoms with Crippen molar-refractivity contribution in [2.24, 2.45) is 0 Å². The molecule has 0 spiro atoms. The number of halogens is 4. The highest BCUT2D eigenvalue weighted by Gasteiger charge is 2.64. The Kier molecular flexibility index (Phi) is 3.67. The highest BCUT2D eigenvalue weighted by Crippen LogP contribution is 2.54. The molecule has 0 saturated carbocycles. The molecule has 1 N–H and O–H groups in total. The molecule has 0 amide bonds. The van der Waals surface area contributed by atoms with E-state index in [0.717, 1.165) is 30.5 Å². The van der Waals surface area contributed by atoms with Gasteiger partial charge in [0.05, 0.1) is 17.9 Å². The van der Waals surface area contributed by atoms with Crippen molar-refractivity contribution in [3.8, 4) is 0 Å². The van der Waals surface area contributed by atoms with Gasteiger partial charge in [-0.3, -0.25) is 0 Å². The van der Waals surface area contributed by atoms with Gasteiger partial charge in [0.15, 0.2) is 0 Å². The van der Waals surface area contributed by atoms with E-state index < -0.39 is 34.8 Å². The van der Waals surface area contributed by atoms with Gasteiger partial charge in [0, 0.05) is 5.56 Å². The fourth-order valence-electron chi connectivity index (χ4n) is 2.94. The lowest BCUT2D eigenvalue weighted by atomic mass is 9.81. The molecule has 0 bridgehead atoms. The van der Waals surface area contributed by atoms with Crippen molar-refractivity contribution in [1.29, 1.82) is 0 Å². The molecule has 2 aromatic rings. The van der Waals surface area contributed by atoms with E-state index in [1.54, 1.807) is 0 Å². The van der Waals surface area contributed by atoms with Crippen LogP contribution in [0.25, 0.3) is 0 Å². The molecule has 1 aromatic carbocycles. The quantitative estimate of drug-likeness (QED) is 0.514. The van der Waals surface area contributed by atoms with Gasteiger partial charge in [-0.25, -0.2) is 14.4 Å². The lowest BCUT2D eigenvalue weighted by Gasteiger charge is -2.40. The summed E-state index contributed by atoms with van der Waals surface area (Å²) in [7, 11) is 0. The molecule has 1 aliphatic heterocycles. The summed E-state index contributed by atoms with van der Waals surface area (Å²) in [5, 5.41) is 14.6. The summed E-state index contributed by atoms with van der Waals surface area (Å²) < 4.78 is 61.9. The molecule has 1 atom stereocenters. The minimum absolute atomic E-state index is 0.0299. The number of pyridine rings is 1. The minimum atomic E-state index is -4.91. The molecule has 128 valence electrons. The smallest absolute Gasteiger partial charge is 0.426 e. The van der Waals surface area contributed by atoms with Crippen LogP contribution < -0.4 is 10.0 Å². The van der Waals surface area contributed by atoms with E-state index in [2.05, 4.69) is 5.32 Å². The predicted molar refractivity (Wildman–Crippen MR) is 78.1 cm³/mol. The molecule has 0 radical (unpaired) electrons. The minimum Gasteiger partial charge on any atom is -0.711 e. The van der Waals surface area contributed by atoms with Gasteiger partial charge >= 0.3 is 6.18 Å². The zero-order valence-electron chi connectivity index (χ0n) is 12.8. The number of aromatic nitrogens is 1. The van der Waals surface area contributed by atoms with Crippen molar-refractivity contribution in [2.75, 3.05) is 5.32 Å². The number of rotatable bonds is 2. The Bertz CT molecular complexity index is 788. The molecule has 0 saturated heterocycles. The average molecular weight is 342 g/mol. The van der Waals surface area contributed by atoms with Crippen LogP contribution in [0.15, 0.2) is 36.5 Å². The number of benzene rings is 1. The first kappa shape index (κ1) is 16.5. The van der Waals surface area contributed by atoms with Gasteiger partial charge in [-0.1, -0.05) is 0 Å². The number of alkyl halides is 3. The van der Waals surface area contributed by atoms with Crippen LogP contribution in [-0.2, 0) is 10.3 Å². The van der Waals surface area contributed by atoms with E-state index in [1.807, 2.05) is 0 Å². The second kappa shape index (κ2) is 5.34. The molecular weight excluding hydrogens is 328 g/mol. The lowest BCUT2D eigenvalue weighted by molar-refractivity contribution is -0.591. The van der Waals surface area contributed by atoms with E-state index in [1.165, 1.54) is 19.9 Å². The summed E-state index contributed by atoms with van der Waals surface area (Å²) in [5.41, 5.74) is -3.79. The summed E-state index contributed by atoms with van der Waals surface area (Å²) in [4.78, 5) is 0. The van der Waals surface area contributed by atoms with E-state index in [4.69, 9.17) is 4.74 Å². The number of hydrogen-bond donors (Lipinski definition) is 1. The molecule has 24 heavy (non-hydrogen) atoms. The zero-order valence-corrected chi connectivity index (χ0v) is 12.8. The Morgan fingerprint density at radius 2 is 1.92 bits per heavy atom. The normalized spacial score (nSPS) is 19.6. The molecular formula is C16H14F4N2O2. The van der Waals surface area contributed by atoms with Crippen LogP contribution in [0.4, 0.5) is 29.1 Å². The summed E-state index contributed by atoms with van der Waals surface area (Å²) in [6.07, 6.45) is -4.66. The number of nitrogens with zero attached hydrogens (tertiary/aromatic N) is 1. The highest BCUT2D eigenvalue weighted by molar-refractivity contribution is 5.71. The number of anilines is 2. The molecule has 2 heterocycles. The van der Waals surface area contributed by atoms with Crippen LogP contribution in [0.3, 0.4) is 0 Å². The second-order valence-electron chi connectivity index (χ2n) is 5.76. The van der Waals surface area contributed by atoms with Crippen molar-refractivity contribution in [1.82, 2.24) is 0 Å². The van der Waals surface area contributed by atoms with Gasteiger partial charge < -0.3 is 9.94 Å². The molecule has 0 aliphatic carbocycles. The maximum Gasteiger partial charge on any atom is 0.426 e. The maximum atomic E-state index is 14.2. The third kappa shape index (κ3) is 2.29. The van der Waals surface area contributed by atoms with Crippen molar-refractivity contribution >= 4 is 11.5 Å².